The molecule has 4 aromatic rings. The smallest absolute Gasteiger partial charge is 0.107 e. The Morgan fingerprint density at radius 1 is 0.864 bits per heavy atom. The number of pyridine rings is 1. The molecule has 0 aliphatic heterocycles. The second kappa shape index (κ2) is 5.71. The second-order valence-electron chi connectivity index (χ2n) is 4.89. The van der Waals surface area contributed by atoms with Gasteiger partial charge in [-0.05, 0) is 56.1 Å². The first-order valence-corrected chi connectivity index (χ1v) is 9.76. The van der Waals surface area contributed by atoms with Crippen molar-refractivity contribution >= 4 is 79.3 Å². The minimum absolute atomic E-state index is 0.819. The third-order valence-electron chi connectivity index (χ3n) is 3.51. The molecule has 0 N–H and O–H groups in total. The third kappa shape index (κ3) is 2.44. The van der Waals surface area contributed by atoms with E-state index in [1.165, 1.54) is 20.2 Å². The van der Waals surface area contributed by atoms with Crippen LogP contribution in [-0.4, -0.2) is 4.98 Å². The average molecular weight is 498 g/mol. The SMILES string of the molecule is Brc1cc(Br)nc(-c2ccc3sc4ccccc4c3c2Br)c1. The molecular formula is C17H8Br3NS. The zero-order valence-electron chi connectivity index (χ0n) is 11.1. The first kappa shape index (κ1) is 14.8. The number of hydrogen-bond acceptors (Lipinski definition) is 2. The van der Waals surface area contributed by atoms with Crippen LogP contribution in [0.3, 0.4) is 0 Å². The van der Waals surface area contributed by atoms with E-state index < -0.39 is 0 Å². The molecule has 0 bridgehead atoms. The normalized spacial score (nSPS) is 11.4. The van der Waals surface area contributed by atoms with Crippen molar-refractivity contribution < 1.29 is 0 Å². The lowest BCUT2D eigenvalue weighted by atomic mass is 10.1. The van der Waals surface area contributed by atoms with Gasteiger partial charge in [0.2, 0.25) is 0 Å². The average Bonchev–Trinajstić information content (AvgIpc) is 2.85. The highest BCUT2D eigenvalue weighted by atomic mass is 79.9. The van der Waals surface area contributed by atoms with Crippen molar-refractivity contribution in [3.8, 4) is 11.3 Å². The standard InChI is InChI=1S/C17H8Br3NS/c18-9-7-12(21-15(19)8-9)10-5-6-14-16(17(10)20)11-3-1-2-4-13(11)22-14/h1-8H. The molecule has 0 saturated carbocycles. The molecule has 2 aromatic carbocycles. The lowest BCUT2D eigenvalue weighted by molar-refractivity contribution is 1.27. The van der Waals surface area contributed by atoms with Crippen molar-refractivity contribution in [3.63, 3.8) is 0 Å². The molecule has 0 radical (unpaired) electrons. The Labute approximate surface area is 156 Å². The summed E-state index contributed by atoms with van der Waals surface area (Å²) >= 11 is 12.6. The summed E-state index contributed by atoms with van der Waals surface area (Å²) in [7, 11) is 0. The minimum Gasteiger partial charge on any atom is -0.241 e. The number of aromatic nitrogens is 1. The van der Waals surface area contributed by atoms with Gasteiger partial charge in [0.25, 0.3) is 0 Å². The van der Waals surface area contributed by atoms with Gasteiger partial charge in [-0.3, -0.25) is 0 Å². The predicted octanol–water partition coefficient (Wildman–Crippen LogP) is 7.40. The van der Waals surface area contributed by atoms with Crippen molar-refractivity contribution in [3.05, 3.63) is 62.1 Å². The largest absolute Gasteiger partial charge is 0.241 e. The van der Waals surface area contributed by atoms with E-state index in [2.05, 4.69) is 89.2 Å². The quantitative estimate of drug-likeness (QED) is 0.250. The van der Waals surface area contributed by atoms with E-state index in [0.717, 1.165) is 24.8 Å². The molecule has 0 spiro atoms. The van der Waals surface area contributed by atoms with E-state index in [0.29, 0.717) is 0 Å². The predicted molar refractivity (Wildman–Crippen MR) is 106 cm³/mol. The van der Waals surface area contributed by atoms with Crippen molar-refractivity contribution in [2.24, 2.45) is 0 Å². The van der Waals surface area contributed by atoms with Crippen LogP contribution >= 0.6 is 59.1 Å². The Balaban J connectivity index is 2.07. The Bertz CT molecular complexity index is 1000. The number of fused-ring (bicyclic) bond motifs is 3. The van der Waals surface area contributed by atoms with Gasteiger partial charge < -0.3 is 0 Å². The van der Waals surface area contributed by atoms with Crippen LogP contribution in [0.15, 0.2) is 62.1 Å². The second-order valence-corrected chi connectivity index (χ2v) is 8.50. The van der Waals surface area contributed by atoms with E-state index in [-0.39, 0.29) is 0 Å². The Morgan fingerprint density at radius 3 is 2.50 bits per heavy atom. The fraction of sp³-hybridized carbons (Fsp3) is 0. The molecule has 0 aliphatic carbocycles. The monoisotopic (exact) mass is 495 g/mol. The van der Waals surface area contributed by atoms with E-state index in [1.807, 2.05) is 23.5 Å². The van der Waals surface area contributed by atoms with E-state index in [4.69, 9.17) is 0 Å². The summed E-state index contributed by atoms with van der Waals surface area (Å²) in [5.74, 6) is 0. The maximum Gasteiger partial charge on any atom is 0.107 e. The van der Waals surface area contributed by atoms with Gasteiger partial charge in [0, 0.05) is 34.7 Å². The summed E-state index contributed by atoms with van der Waals surface area (Å²) in [6, 6.07) is 16.8. The van der Waals surface area contributed by atoms with Crippen LogP contribution in [0, 0.1) is 0 Å². The lowest BCUT2D eigenvalue weighted by Gasteiger charge is -2.07. The molecule has 0 atom stereocenters. The number of nitrogens with zero attached hydrogens (tertiary/aromatic N) is 1. The van der Waals surface area contributed by atoms with Gasteiger partial charge >= 0.3 is 0 Å². The van der Waals surface area contributed by atoms with Gasteiger partial charge in [-0.15, -0.1) is 11.3 Å². The third-order valence-corrected chi connectivity index (χ3v) is 6.34. The van der Waals surface area contributed by atoms with Crippen molar-refractivity contribution in [1.82, 2.24) is 4.98 Å². The highest BCUT2D eigenvalue weighted by molar-refractivity contribution is 9.11. The summed E-state index contributed by atoms with van der Waals surface area (Å²) < 4.78 is 5.51. The maximum atomic E-state index is 4.60. The molecule has 4 rings (SSSR count). The molecule has 2 heterocycles. The van der Waals surface area contributed by atoms with Crippen molar-refractivity contribution in [2.45, 2.75) is 0 Å². The first-order valence-electron chi connectivity index (χ1n) is 6.57. The molecule has 0 fully saturated rings. The van der Waals surface area contributed by atoms with Crippen LogP contribution in [0.25, 0.3) is 31.4 Å². The van der Waals surface area contributed by atoms with Crippen LogP contribution in [0.1, 0.15) is 0 Å². The Morgan fingerprint density at radius 2 is 1.68 bits per heavy atom. The lowest BCUT2D eigenvalue weighted by Crippen LogP contribution is -1.87. The van der Waals surface area contributed by atoms with Gasteiger partial charge in [0.1, 0.15) is 4.60 Å². The van der Waals surface area contributed by atoms with E-state index >= 15 is 0 Å². The number of hydrogen-bond donors (Lipinski definition) is 0. The van der Waals surface area contributed by atoms with Gasteiger partial charge in [0.05, 0.1) is 5.69 Å². The van der Waals surface area contributed by atoms with Gasteiger partial charge in [-0.1, -0.05) is 40.2 Å². The van der Waals surface area contributed by atoms with Crippen LogP contribution in [0.2, 0.25) is 0 Å². The summed E-state index contributed by atoms with van der Waals surface area (Å²) in [6.45, 7) is 0. The van der Waals surface area contributed by atoms with E-state index in [9.17, 15) is 0 Å². The summed E-state index contributed by atoms with van der Waals surface area (Å²) in [4.78, 5) is 4.60. The van der Waals surface area contributed by atoms with Crippen LogP contribution < -0.4 is 0 Å². The fourth-order valence-corrected chi connectivity index (χ4v) is 5.76. The van der Waals surface area contributed by atoms with Crippen LogP contribution in [0.5, 0.6) is 0 Å². The molecule has 2 aromatic heterocycles. The van der Waals surface area contributed by atoms with E-state index in [1.54, 1.807) is 0 Å². The highest BCUT2D eigenvalue weighted by Crippen LogP contribution is 2.42. The van der Waals surface area contributed by atoms with Gasteiger partial charge in [-0.2, -0.15) is 0 Å². The number of benzene rings is 2. The summed E-state index contributed by atoms with van der Waals surface area (Å²) in [6.07, 6.45) is 0. The zero-order chi connectivity index (χ0) is 15.3. The number of rotatable bonds is 1. The van der Waals surface area contributed by atoms with Crippen LogP contribution in [0.4, 0.5) is 0 Å². The molecule has 108 valence electrons. The molecule has 22 heavy (non-hydrogen) atoms. The molecule has 0 amide bonds. The Hall–Kier alpha value is -0.750. The molecule has 0 saturated heterocycles. The molecule has 0 aliphatic rings. The van der Waals surface area contributed by atoms with Crippen molar-refractivity contribution in [1.29, 1.82) is 0 Å². The minimum atomic E-state index is 0.819. The van der Waals surface area contributed by atoms with Gasteiger partial charge in [0.15, 0.2) is 0 Å². The topological polar surface area (TPSA) is 12.9 Å². The van der Waals surface area contributed by atoms with Crippen molar-refractivity contribution in [2.75, 3.05) is 0 Å². The molecule has 1 nitrogen and oxygen atoms in total. The van der Waals surface area contributed by atoms with Gasteiger partial charge in [-0.25, -0.2) is 4.98 Å². The molecule has 0 unspecified atom stereocenters. The molecule has 5 heteroatoms. The summed E-state index contributed by atoms with van der Waals surface area (Å²) in [5.41, 5.74) is 2.03. The number of thiophene rings is 1. The first-order chi connectivity index (χ1) is 10.6. The fourth-order valence-electron chi connectivity index (χ4n) is 2.58. The maximum absolute atomic E-state index is 4.60. The zero-order valence-corrected chi connectivity index (χ0v) is 16.7. The highest BCUT2D eigenvalue weighted by Gasteiger charge is 2.14. The summed E-state index contributed by atoms with van der Waals surface area (Å²) in [5, 5.41) is 2.54. The van der Waals surface area contributed by atoms with Crippen LogP contribution in [-0.2, 0) is 0 Å². The Kier molecular flexibility index (Phi) is 3.85. The molecular weight excluding hydrogens is 490 g/mol. The number of halogens is 3.